The van der Waals surface area contributed by atoms with Crippen LogP contribution in [0.5, 0.6) is 0 Å². The molecule has 1 aromatic rings. The van der Waals surface area contributed by atoms with E-state index in [0.717, 1.165) is 30.4 Å². The molecule has 0 aliphatic heterocycles. The minimum absolute atomic E-state index is 0.166. The third-order valence-electron chi connectivity index (χ3n) is 5.93. The summed E-state index contributed by atoms with van der Waals surface area (Å²) in [7, 11) is 0. The van der Waals surface area contributed by atoms with Crippen LogP contribution in [-0.4, -0.2) is 11.1 Å². The third-order valence-corrected chi connectivity index (χ3v) is 5.93. The number of rotatable bonds is 2. The molecule has 0 amide bonds. The highest BCUT2D eigenvalue weighted by Crippen LogP contribution is 2.47. The molecular formula is C21H28O2. The molecule has 1 aromatic carbocycles. The Morgan fingerprint density at radius 1 is 0.957 bits per heavy atom. The Hall–Kier alpha value is -1.57. The van der Waals surface area contributed by atoms with Crippen LogP contribution >= 0.6 is 0 Å². The Morgan fingerprint density at radius 3 is 2.22 bits per heavy atom. The lowest BCUT2D eigenvalue weighted by molar-refractivity contribution is -0.132. The zero-order chi connectivity index (χ0) is 16.8. The molecule has 3 rings (SSSR count). The monoisotopic (exact) mass is 312 g/mol. The van der Waals surface area contributed by atoms with Gasteiger partial charge in [0, 0.05) is 5.57 Å². The lowest BCUT2D eigenvalue weighted by atomic mass is 9.62. The molecule has 0 unspecified atom stereocenters. The van der Waals surface area contributed by atoms with Crippen molar-refractivity contribution >= 4 is 11.5 Å². The van der Waals surface area contributed by atoms with Crippen LogP contribution in [-0.2, 0) is 15.6 Å². The molecule has 2 heteroatoms. The van der Waals surface area contributed by atoms with Crippen molar-refractivity contribution in [3.8, 4) is 0 Å². The van der Waals surface area contributed by atoms with Crippen LogP contribution in [0, 0.1) is 0 Å². The van der Waals surface area contributed by atoms with Crippen molar-refractivity contribution in [2.75, 3.05) is 0 Å². The maximum atomic E-state index is 11.6. The normalized spacial score (nSPS) is 22.6. The van der Waals surface area contributed by atoms with Gasteiger partial charge in [-0.2, -0.15) is 0 Å². The molecule has 2 nitrogen and oxygen atoms in total. The highest BCUT2D eigenvalue weighted by atomic mass is 16.4. The van der Waals surface area contributed by atoms with Crippen LogP contribution in [0.25, 0.3) is 5.57 Å². The van der Waals surface area contributed by atoms with E-state index in [-0.39, 0.29) is 10.8 Å². The van der Waals surface area contributed by atoms with E-state index in [0.29, 0.717) is 12.0 Å². The van der Waals surface area contributed by atoms with E-state index < -0.39 is 5.97 Å². The van der Waals surface area contributed by atoms with Gasteiger partial charge < -0.3 is 5.11 Å². The number of aliphatic carboxylic acids is 1. The fourth-order valence-electron chi connectivity index (χ4n) is 4.24. The summed E-state index contributed by atoms with van der Waals surface area (Å²) in [6.45, 7) is 9.28. The van der Waals surface area contributed by atoms with Gasteiger partial charge in [-0.3, -0.25) is 0 Å². The molecular weight excluding hydrogens is 284 g/mol. The topological polar surface area (TPSA) is 37.3 Å². The van der Waals surface area contributed by atoms with Gasteiger partial charge in [-0.15, -0.1) is 0 Å². The van der Waals surface area contributed by atoms with Gasteiger partial charge in [0.05, 0.1) is 0 Å². The van der Waals surface area contributed by atoms with Crippen molar-refractivity contribution < 1.29 is 9.90 Å². The molecule has 124 valence electrons. The summed E-state index contributed by atoms with van der Waals surface area (Å²) < 4.78 is 0. The van der Waals surface area contributed by atoms with Gasteiger partial charge in [-0.25, -0.2) is 4.79 Å². The number of carboxylic acid groups (broad SMARTS) is 1. The summed E-state index contributed by atoms with van der Waals surface area (Å²) in [5.74, 6) is -0.739. The Labute approximate surface area is 139 Å². The summed E-state index contributed by atoms with van der Waals surface area (Å²) in [6.07, 6.45) is 6.07. The highest BCUT2D eigenvalue weighted by molar-refractivity contribution is 5.96. The molecule has 0 atom stereocenters. The van der Waals surface area contributed by atoms with Gasteiger partial charge in [-0.05, 0) is 71.6 Å². The Morgan fingerprint density at radius 2 is 1.57 bits per heavy atom. The van der Waals surface area contributed by atoms with Crippen LogP contribution in [0.2, 0.25) is 0 Å². The second kappa shape index (κ2) is 5.51. The number of fused-ring (bicyclic) bond motifs is 1. The molecule has 1 N–H and O–H groups in total. The number of allylic oxidation sites excluding steroid dienone is 1. The molecule has 23 heavy (non-hydrogen) atoms. The van der Waals surface area contributed by atoms with E-state index in [1.807, 2.05) is 0 Å². The van der Waals surface area contributed by atoms with Crippen molar-refractivity contribution in [1.29, 1.82) is 0 Å². The second-order valence-corrected chi connectivity index (χ2v) is 8.50. The highest BCUT2D eigenvalue weighted by Gasteiger charge is 2.37. The quantitative estimate of drug-likeness (QED) is 0.788. The van der Waals surface area contributed by atoms with E-state index in [2.05, 4.69) is 45.9 Å². The smallest absolute Gasteiger partial charge is 0.331 e. The fourth-order valence-corrected chi connectivity index (χ4v) is 4.24. The van der Waals surface area contributed by atoms with E-state index in [1.54, 1.807) is 0 Å². The second-order valence-electron chi connectivity index (χ2n) is 8.50. The van der Waals surface area contributed by atoms with Crippen LogP contribution < -0.4 is 0 Å². The molecule has 0 radical (unpaired) electrons. The zero-order valence-corrected chi connectivity index (χ0v) is 14.8. The summed E-state index contributed by atoms with van der Waals surface area (Å²) in [6, 6.07) is 6.71. The lowest BCUT2D eigenvalue weighted by Crippen LogP contribution is -2.33. The number of carbonyl (C=O) groups is 1. The van der Waals surface area contributed by atoms with Gasteiger partial charge in [0.2, 0.25) is 0 Å². The fraction of sp³-hybridized carbons (Fsp3) is 0.571. The minimum atomic E-state index is -0.739. The van der Waals surface area contributed by atoms with E-state index in [9.17, 15) is 9.90 Å². The number of carboxylic acids is 1. The maximum Gasteiger partial charge on any atom is 0.331 e. The summed E-state index contributed by atoms with van der Waals surface area (Å²) in [5, 5.41) is 9.54. The van der Waals surface area contributed by atoms with Gasteiger partial charge in [0.1, 0.15) is 0 Å². The largest absolute Gasteiger partial charge is 0.478 e. The van der Waals surface area contributed by atoms with Gasteiger partial charge >= 0.3 is 5.97 Å². The van der Waals surface area contributed by atoms with Crippen LogP contribution in [0.4, 0.5) is 0 Å². The molecule has 0 heterocycles. The van der Waals surface area contributed by atoms with Crippen molar-refractivity contribution in [3.05, 3.63) is 40.5 Å². The molecule has 0 fully saturated rings. The predicted molar refractivity (Wildman–Crippen MR) is 94.8 cm³/mol. The first-order chi connectivity index (χ1) is 10.7. The average Bonchev–Trinajstić information content (AvgIpc) is 2.51. The maximum absolute atomic E-state index is 11.6. The molecule has 2 aliphatic rings. The summed E-state index contributed by atoms with van der Waals surface area (Å²) in [4.78, 5) is 11.6. The van der Waals surface area contributed by atoms with E-state index in [4.69, 9.17) is 0 Å². The molecule has 2 aliphatic carbocycles. The lowest BCUT2D eigenvalue weighted by Gasteiger charge is -2.42. The van der Waals surface area contributed by atoms with Crippen molar-refractivity contribution in [3.63, 3.8) is 0 Å². The van der Waals surface area contributed by atoms with Gasteiger partial charge in [-0.1, -0.05) is 45.9 Å². The van der Waals surface area contributed by atoms with Gasteiger partial charge in [0.25, 0.3) is 0 Å². The number of hydrogen-bond acceptors (Lipinski definition) is 1. The zero-order valence-electron chi connectivity index (χ0n) is 14.8. The van der Waals surface area contributed by atoms with Crippen molar-refractivity contribution in [1.82, 2.24) is 0 Å². The molecule has 0 aromatic heterocycles. The predicted octanol–water partition coefficient (Wildman–Crippen LogP) is 5.45. The Bertz CT molecular complexity index is 677. The number of hydrogen-bond donors (Lipinski definition) is 1. The van der Waals surface area contributed by atoms with Crippen molar-refractivity contribution in [2.24, 2.45) is 0 Å². The van der Waals surface area contributed by atoms with E-state index >= 15 is 0 Å². The Balaban J connectivity index is 2.15. The summed E-state index contributed by atoms with van der Waals surface area (Å²) in [5.41, 5.74) is 6.04. The van der Waals surface area contributed by atoms with Crippen LogP contribution in [0.1, 0.15) is 82.9 Å². The Kier molecular flexibility index (Phi) is 3.90. The van der Waals surface area contributed by atoms with Crippen LogP contribution in [0.3, 0.4) is 0 Å². The molecule has 0 saturated heterocycles. The molecule has 0 saturated carbocycles. The first-order valence-corrected chi connectivity index (χ1v) is 8.83. The standard InChI is InChI=1S/C21H28O2/c1-20(2)11-12-21(3,4)18-13-14(9-10-17(18)20)15-7-5-6-8-16(15)19(22)23/h9-10,13H,5-8,11-12H2,1-4H3,(H,22,23). The average molecular weight is 312 g/mol. The van der Waals surface area contributed by atoms with Gasteiger partial charge in [0.15, 0.2) is 0 Å². The molecule has 0 spiro atoms. The van der Waals surface area contributed by atoms with E-state index in [1.165, 1.54) is 24.0 Å². The summed E-state index contributed by atoms with van der Waals surface area (Å²) >= 11 is 0. The molecule has 0 bridgehead atoms. The SMILES string of the molecule is CC1(C)CCC(C)(C)c2cc(C3=C(C(=O)O)CCCC3)ccc21. The third kappa shape index (κ3) is 2.84. The first kappa shape index (κ1) is 16.3. The van der Waals surface area contributed by atoms with Crippen molar-refractivity contribution in [2.45, 2.75) is 77.0 Å². The number of benzene rings is 1. The minimum Gasteiger partial charge on any atom is -0.478 e. The first-order valence-electron chi connectivity index (χ1n) is 8.83. The van der Waals surface area contributed by atoms with Crippen LogP contribution in [0.15, 0.2) is 23.8 Å².